The van der Waals surface area contributed by atoms with Gasteiger partial charge >= 0.3 is 5.69 Å². The number of halogens is 2. The number of anilines is 1. The number of hydrogen-bond acceptors (Lipinski definition) is 7. The molecule has 0 bridgehead atoms. The van der Waals surface area contributed by atoms with Gasteiger partial charge in [-0.15, -0.1) is 5.10 Å². The minimum atomic E-state index is -0.665. The van der Waals surface area contributed by atoms with Crippen molar-refractivity contribution in [2.75, 3.05) is 5.73 Å². The fourth-order valence-corrected chi connectivity index (χ4v) is 3.57. The molecule has 12 heteroatoms. The lowest BCUT2D eigenvalue weighted by Gasteiger charge is -2.11. The first-order chi connectivity index (χ1) is 16.3. The normalized spacial score (nSPS) is 11.3. The van der Waals surface area contributed by atoms with Gasteiger partial charge in [0.25, 0.3) is 5.56 Å². The monoisotopic (exact) mass is 462 g/mol. The van der Waals surface area contributed by atoms with Crippen LogP contribution in [-0.2, 0) is 13.6 Å². The Morgan fingerprint density at radius 1 is 1.00 bits per heavy atom. The highest BCUT2D eigenvalue weighted by atomic mass is 19.1. The molecule has 0 unspecified atom stereocenters. The van der Waals surface area contributed by atoms with Gasteiger partial charge in [-0.2, -0.15) is 5.10 Å². The number of hydrogen-bond donors (Lipinski definition) is 1. The average Bonchev–Trinajstić information content (AvgIpc) is 3.14. The number of nitrogens with zero attached hydrogens (tertiary/aromatic N) is 7. The van der Waals surface area contributed by atoms with Crippen LogP contribution in [0.5, 0.6) is 0 Å². The Kier molecular flexibility index (Phi) is 4.97. The zero-order valence-corrected chi connectivity index (χ0v) is 17.7. The van der Waals surface area contributed by atoms with Crippen molar-refractivity contribution in [2.45, 2.75) is 6.54 Å². The molecule has 2 N–H and O–H groups in total. The third-order valence-corrected chi connectivity index (χ3v) is 5.22. The summed E-state index contributed by atoms with van der Waals surface area (Å²) >= 11 is 0. The molecular formula is C22H16F2N8O2. The van der Waals surface area contributed by atoms with Gasteiger partial charge in [-0.05, 0) is 42.5 Å². The van der Waals surface area contributed by atoms with Gasteiger partial charge < -0.3 is 5.73 Å². The summed E-state index contributed by atoms with van der Waals surface area (Å²) in [7, 11) is 1.47. The minimum absolute atomic E-state index is 0.0140. The van der Waals surface area contributed by atoms with Crippen molar-refractivity contribution in [1.29, 1.82) is 0 Å². The summed E-state index contributed by atoms with van der Waals surface area (Å²) in [4.78, 5) is 33.4. The van der Waals surface area contributed by atoms with Gasteiger partial charge in [0.2, 0.25) is 5.95 Å². The van der Waals surface area contributed by atoms with E-state index in [2.05, 4.69) is 20.2 Å². The quantitative estimate of drug-likeness (QED) is 0.430. The predicted molar refractivity (Wildman–Crippen MR) is 119 cm³/mol. The second-order valence-electron chi connectivity index (χ2n) is 7.41. The maximum absolute atomic E-state index is 14.2. The smallest absolute Gasteiger partial charge is 0.353 e. The van der Waals surface area contributed by atoms with E-state index in [-0.39, 0.29) is 46.3 Å². The zero-order chi connectivity index (χ0) is 24.0. The fourth-order valence-electron chi connectivity index (χ4n) is 3.57. The topological polar surface area (TPSA) is 126 Å². The van der Waals surface area contributed by atoms with E-state index in [0.717, 1.165) is 13.8 Å². The number of aromatic nitrogens is 7. The van der Waals surface area contributed by atoms with Crippen molar-refractivity contribution < 1.29 is 8.78 Å². The van der Waals surface area contributed by atoms with Gasteiger partial charge in [0.1, 0.15) is 11.6 Å². The van der Waals surface area contributed by atoms with Gasteiger partial charge in [-0.1, -0.05) is 0 Å². The molecule has 0 saturated carbocycles. The van der Waals surface area contributed by atoms with Gasteiger partial charge in [-0.25, -0.2) is 32.3 Å². The third-order valence-electron chi connectivity index (χ3n) is 5.22. The number of nitrogens with two attached hydrogens (primary N) is 1. The Morgan fingerprint density at radius 2 is 1.76 bits per heavy atom. The van der Waals surface area contributed by atoms with E-state index in [9.17, 15) is 18.4 Å². The van der Waals surface area contributed by atoms with Crippen LogP contribution in [0.15, 0.2) is 64.3 Å². The van der Waals surface area contributed by atoms with Crippen molar-refractivity contribution in [1.82, 2.24) is 33.9 Å². The van der Waals surface area contributed by atoms with E-state index in [1.165, 1.54) is 61.8 Å². The van der Waals surface area contributed by atoms with Crippen molar-refractivity contribution >= 4 is 11.6 Å². The van der Waals surface area contributed by atoms with E-state index < -0.39 is 17.3 Å². The Morgan fingerprint density at radius 3 is 2.47 bits per heavy atom. The lowest BCUT2D eigenvalue weighted by molar-refractivity contribution is 0.564. The Labute approximate surface area is 189 Å². The average molecular weight is 462 g/mol. The van der Waals surface area contributed by atoms with Crippen molar-refractivity contribution in [2.24, 2.45) is 7.05 Å². The Hall–Kier alpha value is -4.74. The number of aryl methyl sites for hydroxylation is 1. The lowest BCUT2D eigenvalue weighted by atomic mass is 10.0. The van der Waals surface area contributed by atoms with Crippen LogP contribution in [0, 0.1) is 11.6 Å². The molecule has 0 atom stereocenters. The van der Waals surface area contributed by atoms with Crippen molar-refractivity contribution in [3.63, 3.8) is 0 Å². The SMILES string of the molecule is Cn1nc(-c2c(-c3ccc(F)cc3)nc(N)n3c(=O)n(Cc4ncccc4F)nc23)ccc1=O. The molecule has 4 aromatic heterocycles. The van der Waals surface area contributed by atoms with Crippen LogP contribution < -0.4 is 17.0 Å². The molecule has 34 heavy (non-hydrogen) atoms. The molecule has 5 rings (SSSR count). The van der Waals surface area contributed by atoms with E-state index in [0.29, 0.717) is 5.56 Å². The molecule has 5 aromatic rings. The van der Waals surface area contributed by atoms with Crippen LogP contribution in [0.3, 0.4) is 0 Å². The fraction of sp³-hybridized carbons (Fsp3) is 0.0909. The van der Waals surface area contributed by atoms with E-state index in [1.807, 2.05) is 0 Å². The number of pyridine rings is 1. The molecule has 0 aliphatic rings. The van der Waals surface area contributed by atoms with Gasteiger partial charge in [0.05, 0.1) is 29.2 Å². The summed E-state index contributed by atoms with van der Waals surface area (Å²) in [6, 6.07) is 10.9. The van der Waals surface area contributed by atoms with Crippen LogP contribution in [0.2, 0.25) is 0 Å². The first kappa shape index (κ1) is 21.1. The van der Waals surface area contributed by atoms with E-state index >= 15 is 0 Å². The number of fused-ring (bicyclic) bond motifs is 1. The lowest BCUT2D eigenvalue weighted by Crippen LogP contribution is -2.24. The zero-order valence-electron chi connectivity index (χ0n) is 17.7. The highest BCUT2D eigenvalue weighted by Crippen LogP contribution is 2.33. The molecule has 1 aromatic carbocycles. The molecular weight excluding hydrogens is 446 g/mol. The van der Waals surface area contributed by atoms with Crippen molar-refractivity contribution in [3.8, 4) is 22.5 Å². The summed E-state index contributed by atoms with van der Waals surface area (Å²) in [5.41, 5.74) is 6.53. The molecule has 0 aliphatic carbocycles. The maximum atomic E-state index is 14.2. The molecule has 0 amide bonds. The van der Waals surface area contributed by atoms with Crippen molar-refractivity contribution in [3.05, 3.63) is 92.9 Å². The number of nitrogen functional groups attached to an aromatic ring is 1. The highest BCUT2D eigenvalue weighted by molar-refractivity contribution is 5.89. The summed E-state index contributed by atoms with van der Waals surface area (Å²) in [6.45, 7) is -0.251. The van der Waals surface area contributed by atoms with Crippen LogP contribution in [0.1, 0.15) is 5.69 Å². The molecule has 0 saturated heterocycles. The summed E-state index contributed by atoms with van der Waals surface area (Å²) in [6.07, 6.45) is 1.40. The first-order valence-corrected chi connectivity index (χ1v) is 10.0. The predicted octanol–water partition coefficient (Wildman–Crippen LogP) is 1.62. The van der Waals surface area contributed by atoms with E-state index in [4.69, 9.17) is 5.73 Å². The molecule has 0 radical (unpaired) electrons. The largest absolute Gasteiger partial charge is 0.369 e. The molecule has 0 spiro atoms. The third kappa shape index (κ3) is 3.50. The standard InChI is InChI=1S/C22H16F2N8O2/c1-30-17(33)9-8-15(28-30)18-19(12-4-6-13(23)7-5-12)27-21(25)32-20(18)29-31(22(32)34)11-16-14(24)3-2-10-26-16/h2-10H,11H2,1H3,(H2,25,27). The van der Waals surface area contributed by atoms with Crippen LogP contribution in [0.25, 0.3) is 28.2 Å². The second kappa shape index (κ2) is 7.99. The summed E-state index contributed by atoms with van der Waals surface area (Å²) in [5, 5.41) is 8.66. The van der Waals surface area contributed by atoms with E-state index in [1.54, 1.807) is 0 Å². The summed E-state index contributed by atoms with van der Waals surface area (Å²) in [5.74, 6) is -1.22. The molecule has 170 valence electrons. The number of rotatable bonds is 4. The van der Waals surface area contributed by atoms with Crippen LogP contribution in [-0.4, -0.2) is 33.9 Å². The van der Waals surface area contributed by atoms with Gasteiger partial charge in [0, 0.05) is 24.9 Å². The second-order valence-corrected chi connectivity index (χ2v) is 7.41. The Balaban J connectivity index is 1.83. The minimum Gasteiger partial charge on any atom is -0.369 e. The maximum Gasteiger partial charge on any atom is 0.353 e. The van der Waals surface area contributed by atoms with Crippen LogP contribution in [0.4, 0.5) is 14.7 Å². The number of benzene rings is 1. The molecule has 4 heterocycles. The molecule has 0 fully saturated rings. The Bertz CT molecular complexity index is 1670. The van der Waals surface area contributed by atoms with Gasteiger partial charge in [-0.3, -0.25) is 9.78 Å². The van der Waals surface area contributed by atoms with Crippen LogP contribution >= 0.6 is 0 Å². The molecule has 0 aliphatic heterocycles. The summed E-state index contributed by atoms with van der Waals surface area (Å²) < 4.78 is 30.9. The first-order valence-electron chi connectivity index (χ1n) is 10.0. The molecule has 10 nitrogen and oxygen atoms in total. The highest BCUT2D eigenvalue weighted by Gasteiger charge is 2.23. The van der Waals surface area contributed by atoms with Gasteiger partial charge in [0.15, 0.2) is 5.65 Å².